The zero-order valence-corrected chi connectivity index (χ0v) is 22.9. The quantitative estimate of drug-likeness (QED) is 0.223. The molecule has 3 unspecified atom stereocenters. The summed E-state index contributed by atoms with van der Waals surface area (Å²) in [6, 6.07) is 6.39. The Morgan fingerprint density at radius 1 is 0.974 bits per heavy atom. The first kappa shape index (κ1) is 29.0. The molecule has 3 rings (SSSR count). The minimum Gasteiger partial charge on any atom is -0.493 e. The van der Waals surface area contributed by atoms with E-state index in [0.29, 0.717) is 46.0 Å². The van der Waals surface area contributed by atoms with Gasteiger partial charge in [-0.25, -0.2) is 5.06 Å². The number of methoxy groups -OCH3 is 4. The minimum atomic E-state index is -1.06. The number of hydrogen-bond acceptors (Lipinski definition) is 8. The summed E-state index contributed by atoms with van der Waals surface area (Å²) in [5.74, 6) is 4.48. The van der Waals surface area contributed by atoms with Crippen molar-refractivity contribution in [2.45, 2.75) is 57.8 Å². The van der Waals surface area contributed by atoms with Crippen LogP contribution in [0.5, 0.6) is 28.7 Å². The van der Waals surface area contributed by atoms with Gasteiger partial charge in [-0.15, -0.1) is 6.42 Å². The van der Waals surface area contributed by atoms with Crippen molar-refractivity contribution in [3.05, 3.63) is 41.0 Å². The minimum absolute atomic E-state index is 0.0961. The van der Waals surface area contributed by atoms with Crippen LogP contribution in [0.4, 0.5) is 0 Å². The molecule has 1 heterocycles. The van der Waals surface area contributed by atoms with Crippen molar-refractivity contribution in [3.8, 4) is 41.1 Å². The van der Waals surface area contributed by atoms with Crippen LogP contribution in [0.25, 0.3) is 0 Å². The summed E-state index contributed by atoms with van der Waals surface area (Å²) in [6.07, 6.45) is 7.60. The first-order valence-electron chi connectivity index (χ1n) is 12.6. The van der Waals surface area contributed by atoms with Crippen molar-refractivity contribution in [1.29, 1.82) is 0 Å². The highest BCUT2D eigenvalue weighted by Gasteiger charge is 2.33. The summed E-state index contributed by atoms with van der Waals surface area (Å²) in [5, 5.41) is 11.2. The van der Waals surface area contributed by atoms with Gasteiger partial charge in [0.15, 0.2) is 23.0 Å². The fourth-order valence-corrected chi connectivity index (χ4v) is 4.56. The van der Waals surface area contributed by atoms with E-state index in [2.05, 4.69) is 5.92 Å². The van der Waals surface area contributed by atoms with Gasteiger partial charge >= 0.3 is 0 Å². The molecule has 2 aromatic carbocycles. The Morgan fingerprint density at radius 3 is 1.95 bits per heavy atom. The van der Waals surface area contributed by atoms with E-state index in [0.717, 1.165) is 30.4 Å². The molecule has 9 nitrogen and oxygen atoms in total. The molecule has 2 aromatic rings. The lowest BCUT2D eigenvalue weighted by molar-refractivity contribution is -0.171. The van der Waals surface area contributed by atoms with Gasteiger partial charge in [0.05, 0.1) is 47.3 Å². The summed E-state index contributed by atoms with van der Waals surface area (Å²) in [5.41, 5.74) is 2.15. The van der Waals surface area contributed by atoms with Gasteiger partial charge < -0.3 is 28.4 Å². The lowest BCUT2D eigenvalue weighted by atomic mass is 9.97. The third kappa shape index (κ3) is 5.93. The molecule has 206 valence electrons. The zero-order valence-electron chi connectivity index (χ0n) is 22.9. The van der Waals surface area contributed by atoms with E-state index in [-0.39, 0.29) is 18.6 Å². The van der Waals surface area contributed by atoms with E-state index in [1.165, 1.54) is 7.11 Å². The number of rotatable bonds is 12. The molecule has 0 spiro atoms. The Kier molecular flexibility index (Phi) is 10.1. The highest BCUT2D eigenvalue weighted by Crippen LogP contribution is 2.48. The highest BCUT2D eigenvalue weighted by molar-refractivity contribution is 5.76. The Bertz CT molecular complexity index is 1130. The van der Waals surface area contributed by atoms with Crippen LogP contribution >= 0.6 is 0 Å². The summed E-state index contributed by atoms with van der Waals surface area (Å²) < 4.78 is 34.6. The molecule has 0 saturated carbocycles. The SMILES string of the molecule is C#CC(c1cc(C2CCC(c3cc(OC)c(OC)c(OC)c3)O2)cc(OC)c1OCCC)N(O)C(=O)CC. The Balaban J connectivity index is 2.01. The second kappa shape index (κ2) is 13.3. The van der Waals surface area contributed by atoms with Gasteiger partial charge in [0.2, 0.25) is 11.7 Å². The van der Waals surface area contributed by atoms with Crippen molar-refractivity contribution in [3.63, 3.8) is 0 Å². The Labute approximate surface area is 224 Å². The molecule has 0 aliphatic carbocycles. The second-order valence-corrected chi connectivity index (χ2v) is 8.80. The molecule has 1 aliphatic rings. The monoisotopic (exact) mass is 527 g/mol. The smallest absolute Gasteiger partial charge is 0.247 e. The van der Waals surface area contributed by atoms with E-state index in [1.54, 1.807) is 28.3 Å². The molecule has 0 bridgehead atoms. The maximum absolute atomic E-state index is 12.3. The maximum atomic E-state index is 12.3. The van der Waals surface area contributed by atoms with E-state index in [4.69, 9.17) is 34.8 Å². The number of hydroxylamine groups is 2. The summed E-state index contributed by atoms with van der Waals surface area (Å²) >= 11 is 0. The van der Waals surface area contributed by atoms with Crippen molar-refractivity contribution < 1.29 is 38.4 Å². The highest BCUT2D eigenvalue weighted by atomic mass is 16.5. The van der Waals surface area contributed by atoms with Crippen LogP contribution in [-0.2, 0) is 9.53 Å². The van der Waals surface area contributed by atoms with E-state index in [1.807, 2.05) is 31.2 Å². The van der Waals surface area contributed by atoms with Crippen LogP contribution in [0.1, 0.15) is 74.5 Å². The number of carbonyl (C=O) groups is 1. The first-order chi connectivity index (χ1) is 18.4. The Morgan fingerprint density at radius 2 is 1.50 bits per heavy atom. The standard InChI is InChI=1S/C29H37NO8/c1-8-13-37-28-20(21(9-2)30(32)27(31)10-3)14-18(15-24(28)33-4)22-11-12-23(38-22)19-16-25(34-5)29(36-7)26(17-19)35-6/h2,14-17,21-23,32H,8,10-13H2,1,3-7H3. The van der Waals surface area contributed by atoms with Gasteiger partial charge in [-0.2, -0.15) is 0 Å². The van der Waals surface area contributed by atoms with Crippen LogP contribution in [0.3, 0.4) is 0 Å². The van der Waals surface area contributed by atoms with Gasteiger partial charge in [0.25, 0.3) is 0 Å². The van der Waals surface area contributed by atoms with Gasteiger partial charge in [0.1, 0.15) is 6.04 Å². The average Bonchev–Trinajstić information content (AvgIpc) is 3.45. The van der Waals surface area contributed by atoms with E-state index >= 15 is 0 Å². The zero-order chi connectivity index (χ0) is 27.8. The van der Waals surface area contributed by atoms with Gasteiger partial charge in [0, 0.05) is 12.0 Å². The first-order valence-corrected chi connectivity index (χ1v) is 12.6. The lowest BCUT2D eigenvalue weighted by Gasteiger charge is -2.26. The molecule has 0 radical (unpaired) electrons. The van der Waals surface area contributed by atoms with Gasteiger partial charge in [-0.05, 0) is 54.7 Å². The molecular formula is C29H37NO8. The predicted molar refractivity (Wildman–Crippen MR) is 141 cm³/mol. The van der Waals surface area contributed by atoms with Gasteiger partial charge in [-0.3, -0.25) is 10.0 Å². The summed E-state index contributed by atoms with van der Waals surface area (Å²) in [7, 11) is 6.25. The van der Waals surface area contributed by atoms with Crippen molar-refractivity contribution in [1.82, 2.24) is 5.06 Å². The number of terminal acetylenes is 1. The molecule has 1 saturated heterocycles. The molecule has 1 amide bonds. The average molecular weight is 528 g/mol. The fourth-order valence-electron chi connectivity index (χ4n) is 4.56. The molecule has 3 atom stereocenters. The van der Waals surface area contributed by atoms with Crippen molar-refractivity contribution in [2.75, 3.05) is 35.0 Å². The number of carbonyl (C=O) groups excluding carboxylic acids is 1. The molecule has 1 aliphatic heterocycles. The van der Waals surface area contributed by atoms with E-state index in [9.17, 15) is 10.0 Å². The second-order valence-electron chi connectivity index (χ2n) is 8.80. The predicted octanol–water partition coefficient (Wildman–Crippen LogP) is 5.40. The number of amides is 1. The number of benzene rings is 2. The van der Waals surface area contributed by atoms with Crippen molar-refractivity contribution >= 4 is 5.91 Å². The maximum Gasteiger partial charge on any atom is 0.247 e. The normalized spacial score (nSPS) is 17.3. The largest absolute Gasteiger partial charge is 0.493 e. The molecule has 9 heteroatoms. The van der Waals surface area contributed by atoms with Crippen LogP contribution in [0, 0.1) is 12.3 Å². The third-order valence-electron chi connectivity index (χ3n) is 6.48. The topological polar surface area (TPSA) is 95.9 Å². The molecule has 38 heavy (non-hydrogen) atoms. The number of nitrogens with zero attached hydrogens (tertiary/aromatic N) is 1. The van der Waals surface area contributed by atoms with Crippen LogP contribution < -0.4 is 23.7 Å². The molecule has 0 aromatic heterocycles. The van der Waals surface area contributed by atoms with Crippen LogP contribution in [0.15, 0.2) is 24.3 Å². The van der Waals surface area contributed by atoms with Gasteiger partial charge in [-0.1, -0.05) is 19.8 Å². The van der Waals surface area contributed by atoms with Crippen molar-refractivity contribution in [2.24, 2.45) is 0 Å². The molecule has 1 N–H and O–H groups in total. The summed E-state index contributed by atoms with van der Waals surface area (Å²) in [6.45, 7) is 4.05. The lowest BCUT2D eigenvalue weighted by Crippen LogP contribution is -2.31. The summed E-state index contributed by atoms with van der Waals surface area (Å²) in [4.78, 5) is 12.3. The number of ether oxygens (including phenoxy) is 6. The number of hydrogen-bond donors (Lipinski definition) is 1. The molecule has 1 fully saturated rings. The fraction of sp³-hybridized carbons (Fsp3) is 0.483. The van der Waals surface area contributed by atoms with Crippen LogP contribution in [-0.4, -0.2) is 51.2 Å². The molecular weight excluding hydrogens is 490 g/mol. The van der Waals surface area contributed by atoms with E-state index < -0.39 is 11.9 Å². The Hall–Kier alpha value is -3.61. The van der Waals surface area contributed by atoms with Crippen LogP contribution in [0.2, 0.25) is 0 Å². The third-order valence-corrected chi connectivity index (χ3v) is 6.48.